The maximum absolute atomic E-state index is 5.98. The van der Waals surface area contributed by atoms with Crippen LogP contribution in [0.5, 0.6) is 11.5 Å². The zero-order valence-corrected chi connectivity index (χ0v) is 14.4. The highest BCUT2D eigenvalue weighted by Crippen LogP contribution is 2.33. The van der Waals surface area contributed by atoms with E-state index in [0.29, 0.717) is 0 Å². The molecule has 106 valence electrons. The monoisotopic (exact) mass is 398 g/mol. The Morgan fingerprint density at radius 2 is 2.05 bits per heavy atom. The van der Waals surface area contributed by atoms with E-state index < -0.39 is 0 Å². The van der Waals surface area contributed by atoms with Gasteiger partial charge in [-0.15, -0.1) is 0 Å². The lowest BCUT2D eigenvalue weighted by molar-refractivity contribution is 0.468. The molecule has 2 aromatic rings. The summed E-state index contributed by atoms with van der Waals surface area (Å²) < 4.78 is 7.90. The van der Waals surface area contributed by atoms with E-state index in [-0.39, 0.29) is 0 Å². The van der Waals surface area contributed by atoms with Gasteiger partial charge in [-0.25, -0.2) is 0 Å². The highest BCUT2D eigenvalue weighted by molar-refractivity contribution is 9.11. The van der Waals surface area contributed by atoms with Crippen LogP contribution in [0.3, 0.4) is 0 Å². The molecule has 1 aromatic carbocycles. The van der Waals surface area contributed by atoms with Crippen molar-refractivity contribution in [2.45, 2.75) is 19.9 Å². The van der Waals surface area contributed by atoms with E-state index in [2.05, 4.69) is 49.1 Å². The predicted octanol–water partition coefficient (Wildman–Crippen LogP) is 4.90. The van der Waals surface area contributed by atoms with Crippen LogP contribution in [0.15, 0.2) is 45.6 Å². The zero-order chi connectivity index (χ0) is 14.4. The average Bonchev–Trinajstić information content (AvgIpc) is 2.44. The summed E-state index contributed by atoms with van der Waals surface area (Å²) in [5.41, 5.74) is 1.05. The Hall–Kier alpha value is -0.910. The molecule has 5 heteroatoms. The van der Waals surface area contributed by atoms with Gasteiger partial charge in [0, 0.05) is 29.0 Å². The first-order valence-corrected chi connectivity index (χ1v) is 8.06. The van der Waals surface area contributed by atoms with E-state index in [1.165, 1.54) is 0 Å². The topological polar surface area (TPSA) is 34.2 Å². The maximum atomic E-state index is 5.98. The van der Waals surface area contributed by atoms with Crippen LogP contribution in [0.1, 0.15) is 18.9 Å². The van der Waals surface area contributed by atoms with Gasteiger partial charge in [0.25, 0.3) is 0 Å². The van der Waals surface area contributed by atoms with Gasteiger partial charge in [0.2, 0.25) is 0 Å². The molecule has 0 aliphatic heterocycles. The van der Waals surface area contributed by atoms with Crippen LogP contribution >= 0.6 is 31.9 Å². The summed E-state index contributed by atoms with van der Waals surface area (Å²) >= 11 is 6.94. The number of hydrogen-bond donors (Lipinski definition) is 1. The number of aromatic nitrogens is 1. The molecule has 0 saturated carbocycles. The second kappa shape index (κ2) is 7.76. The van der Waals surface area contributed by atoms with Gasteiger partial charge in [0.05, 0.1) is 4.47 Å². The van der Waals surface area contributed by atoms with Crippen LogP contribution in [0.25, 0.3) is 0 Å². The minimum atomic E-state index is 0.755. The molecule has 1 heterocycles. The van der Waals surface area contributed by atoms with E-state index in [4.69, 9.17) is 4.74 Å². The highest BCUT2D eigenvalue weighted by atomic mass is 79.9. The first-order chi connectivity index (χ1) is 9.70. The fourth-order valence-electron chi connectivity index (χ4n) is 1.72. The summed E-state index contributed by atoms with van der Waals surface area (Å²) in [4.78, 5) is 4.16. The van der Waals surface area contributed by atoms with Crippen LogP contribution in [-0.2, 0) is 6.54 Å². The number of nitrogens with one attached hydrogen (secondary N) is 1. The summed E-state index contributed by atoms with van der Waals surface area (Å²) in [6.07, 6.45) is 4.69. The SMILES string of the molecule is CCCNCc1cnccc1Oc1ccc(Br)cc1Br. The Morgan fingerprint density at radius 1 is 1.20 bits per heavy atom. The predicted molar refractivity (Wildman–Crippen MR) is 88.2 cm³/mol. The Balaban J connectivity index is 2.16. The van der Waals surface area contributed by atoms with Crippen LogP contribution < -0.4 is 10.1 Å². The van der Waals surface area contributed by atoms with Crippen molar-refractivity contribution in [1.82, 2.24) is 10.3 Å². The van der Waals surface area contributed by atoms with Crippen molar-refractivity contribution in [3.63, 3.8) is 0 Å². The Bertz CT molecular complexity index is 576. The first kappa shape index (κ1) is 15.5. The van der Waals surface area contributed by atoms with Gasteiger partial charge in [-0.05, 0) is 53.2 Å². The molecule has 0 aliphatic carbocycles. The van der Waals surface area contributed by atoms with Crippen LogP contribution in [0.4, 0.5) is 0 Å². The average molecular weight is 400 g/mol. The summed E-state index contributed by atoms with van der Waals surface area (Å²) in [5.74, 6) is 1.61. The van der Waals surface area contributed by atoms with Gasteiger partial charge < -0.3 is 10.1 Å². The van der Waals surface area contributed by atoms with Crippen molar-refractivity contribution >= 4 is 31.9 Å². The summed E-state index contributed by atoms with van der Waals surface area (Å²) in [7, 11) is 0. The molecule has 2 rings (SSSR count). The largest absolute Gasteiger partial charge is 0.456 e. The number of ether oxygens (including phenoxy) is 1. The van der Waals surface area contributed by atoms with E-state index in [0.717, 1.165) is 45.5 Å². The molecule has 0 spiro atoms. The number of halogens is 2. The molecule has 0 bridgehead atoms. The summed E-state index contributed by atoms with van der Waals surface area (Å²) in [5, 5.41) is 3.36. The minimum absolute atomic E-state index is 0.755. The number of pyridine rings is 1. The van der Waals surface area contributed by atoms with Gasteiger partial charge in [0.1, 0.15) is 11.5 Å². The fourth-order valence-corrected chi connectivity index (χ4v) is 2.85. The first-order valence-electron chi connectivity index (χ1n) is 6.47. The zero-order valence-electron chi connectivity index (χ0n) is 11.2. The van der Waals surface area contributed by atoms with Crippen molar-refractivity contribution in [1.29, 1.82) is 0 Å². The van der Waals surface area contributed by atoms with E-state index in [1.54, 1.807) is 6.20 Å². The Labute approximate surface area is 136 Å². The molecule has 0 atom stereocenters. The van der Waals surface area contributed by atoms with Crippen molar-refractivity contribution < 1.29 is 4.74 Å². The molecule has 0 saturated heterocycles. The molecule has 0 radical (unpaired) electrons. The lowest BCUT2D eigenvalue weighted by atomic mass is 10.2. The standard InChI is InChI=1S/C15H16Br2N2O/c1-2-6-18-9-11-10-19-7-5-14(11)20-15-4-3-12(16)8-13(15)17/h3-5,7-8,10,18H,2,6,9H2,1H3. The Kier molecular flexibility index (Phi) is 6.01. The second-order valence-electron chi connectivity index (χ2n) is 4.34. The van der Waals surface area contributed by atoms with Gasteiger partial charge in [-0.3, -0.25) is 4.98 Å². The molecule has 1 N–H and O–H groups in total. The maximum Gasteiger partial charge on any atom is 0.141 e. The van der Waals surface area contributed by atoms with Crippen LogP contribution in [0, 0.1) is 0 Å². The van der Waals surface area contributed by atoms with Gasteiger partial charge in [0.15, 0.2) is 0 Å². The van der Waals surface area contributed by atoms with E-state index >= 15 is 0 Å². The van der Waals surface area contributed by atoms with Crippen LogP contribution in [0.2, 0.25) is 0 Å². The fraction of sp³-hybridized carbons (Fsp3) is 0.267. The minimum Gasteiger partial charge on any atom is -0.456 e. The smallest absolute Gasteiger partial charge is 0.141 e. The van der Waals surface area contributed by atoms with Gasteiger partial charge >= 0.3 is 0 Å². The molecule has 20 heavy (non-hydrogen) atoms. The van der Waals surface area contributed by atoms with Gasteiger partial charge in [-0.2, -0.15) is 0 Å². The molecule has 3 nitrogen and oxygen atoms in total. The molecule has 0 amide bonds. The number of rotatable bonds is 6. The Morgan fingerprint density at radius 3 is 2.80 bits per heavy atom. The lowest BCUT2D eigenvalue weighted by Gasteiger charge is -2.12. The van der Waals surface area contributed by atoms with Crippen molar-refractivity contribution in [3.8, 4) is 11.5 Å². The van der Waals surface area contributed by atoms with Crippen LogP contribution in [-0.4, -0.2) is 11.5 Å². The highest BCUT2D eigenvalue weighted by Gasteiger charge is 2.07. The molecular weight excluding hydrogens is 384 g/mol. The van der Waals surface area contributed by atoms with Crippen molar-refractivity contribution in [3.05, 3.63) is 51.2 Å². The quantitative estimate of drug-likeness (QED) is 0.701. The molecule has 0 fully saturated rings. The molecule has 0 aliphatic rings. The molecule has 0 unspecified atom stereocenters. The molecule has 1 aromatic heterocycles. The third-order valence-electron chi connectivity index (χ3n) is 2.71. The van der Waals surface area contributed by atoms with E-state index in [1.807, 2.05) is 30.5 Å². The number of nitrogens with zero attached hydrogens (tertiary/aromatic N) is 1. The third kappa shape index (κ3) is 4.30. The number of hydrogen-bond acceptors (Lipinski definition) is 3. The normalized spacial score (nSPS) is 10.6. The molecular formula is C15H16Br2N2O. The van der Waals surface area contributed by atoms with Crippen molar-refractivity contribution in [2.24, 2.45) is 0 Å². The van der Waals surface area contributed by atoms with Crippen molar-refractivity contribution in [2.75, 3.05) is 6.54 Å². The third-order valence-corrected chi connectivity index (χ3v) is 3.83. The summed E-state index contributed by atoms with van der Waals surface area (Å²) in [6, 6.07) is 7.73. The lowest BCUT2D eigenvalue weighted by Crippen LogP contribution is -2.14. The van der Waals surface area contributed by atoms with Gasteiger partial charge in [-0.1, -0.05) is 22.9 Å². The van der Waals surface area contributed by atoms with E-state index in [9.17, 15) is 0 Å². The second-order valence-corrected chi connectivity index (χ2v) is 6.11. The number of benzene rings is 1. The summed E-state index contributed by atoms with van der Waals surface area (Å²) in [6.45, 7) is 3.88.